The van der Waals surface area contributed by atoms with Crippen LogP contribution in [0.15, 0.2) is 23.7 Å². The molecule has 4 rings (SSSR count). The van der Waals surface area contributed by atoms with Gasteiger partial charge >= 0.3 is 6.18 Å². The predicted molar refractivity (Wildman–Crippen MR) is 92.4 cm³/mol. The molecule has 0 spiro atoms. The number of thiophene rings is 1. The first-order valence-corrected chi connectivity index (χ1v) is 9.56. The zero-order chi connectivity index (χ0) is 18.3. The fraction of sp³-hybridized carbons (Fsp3) is 0.529. The van der Waals surface area contributed by atoms with E-state index < -0.39 is 18.3 Å². The number of carbonyl (C=O) groups excluding carboxylic acids is 1. The van der Waals surface area contributed by atoms with Crippen molar-refractivity contribution in [2.45, 2.75) is 43.9 Å². The van der Waals surface area contributed by atoms with Crippen molar-refractivity contribution in [3.05, 3.63) is 34.2 Å². The van der Waals surface area contributed by atoms with Crippen LogP contribution in [0.5, 0.6) is 0 Å². The van der Waals surface area contributed by atoms with Crippen LogP contribution >= 0.6 is 11.3 Å². The molecule has 0 bridgehead atoms. The van der Waals surface area contributed by atoms with E-state index in [0.29, 0.717) is 13.1 Å². The van der Waals surface area contributed by atoms with Gasteiger partial charge in [-0.3, -0.25) is 4.79 Å². The smallest absolute Gasteiger partial charge is 0.362 e. The molecule has 2 aromatic rings. The Morgan fingerprint density at radius 1 is 1.27 bits per heavy atom. The van der Waals surface area contributed by atoms with Gasteiger partial charge in [-0.05, 0) is 30.7 Å². The highest BCUT2D eigenvalue weighted by Crippen LogP contribution is 2.45. The Hall–Kier alpha value is -2.03. The Morgan fingerprint density at radius 2 is 2.04 bits per heavy atom. The number of alkyl halides is 3. The first kappa shape index (κ1) is 17.4. The summed E-state index contributed by atoms with van der Waals surface area (Å²) in [6.07, 6.45) is -0.378. The average molecular weight is 384 g/mol. The third-order valence-corrected chi connectivity index (χ3v) is 5.98. The third-order valence-electron chi connectivity index (χ3n) is 5.00. The van der Waals surface area contributed by atoms with Crippen molar-refractivity contribution < 1.29 is 18.0 Å². The van der Waals surface area contributed by atoms with E-state index in [1.54, 1.807) is 4.90 Å². The molecule has 9 heteroatoms. The second-order valence-electron chi connectivity index (χ2n) is 6.71. The molecule has 2 aliphatic heterocycles. The molecule has 1 amide bonds. The van der Waals surface area contributed by atoms with Crippen LogP contribution in [-0.4, -0.2) is 39.9 Å². The number of aromatic nitrogens is 2. The molecule has 0 aliphatic carbocycles. The number of fused-ring (bicyclic) bond motifs is 1. The van der Waals surface area contributed by atoms with Crippen molar-refractivity contribution in [3.63, 3.8) is 0 Å². The van der Waals surface area contributed by atoms with Crippen molar-refractivity contribution >= 4 is 23.1 Å². The summed E-state index contributed by atoms with van der Waals surface area (Å²) in [7, 11) is 0. The van der Waals surface area contributed by atoms with Crippen LogP contribution in [0, 0.1) is 0 Å². The fourth-order valence-electron chi connectivity index (χ4n) is 3.66. The van der Waals surface area contributed by atoms with Crippen molar-refractivity contribution in [2.75, 3.05) is 18.4 Å². The van der Waals surface area contributed by atoms with Crippen molar-refractivity contribution in [1.82, 2.24) is 14.7 Å². The Balaban J connectivity index is 1.70. The Bertz CT molecular complexity index is 781. The van der Waals surface area contributed by atoms with Gasteiger partial charge in [-0.15, -0.1) is 11.3 Å². The average Bonchev–Trinajstić information content (AvgIpc) is 3.30. The molecule has 2 aliphatic rings. The highest BCUT2D eigenvalue weighted by molar-refractivity contribution is 7.10. The van der Waals surface area contributed by atoms with Gasteiger partial charge in [-0.25, -0.2) is 4.68 Å². The summed E-state index contributed by atoms with van der Waals surface area (Å²) >= 11 is 1.41. The maximum atomic E-state index is 13.6. The Kier molecular flexibility index (Phi) is 4.42. The lowest BCUT2D eigenvalue weighted by molar-refractivity contribution is -0.173. The van der Waals surface area contributed by atoms with Crippen LogP contribution in [0.1, 0.15) is 53.0 Å². The zero-order valence-corrected chi connectivity index (χ0v) is 14.8. The van der Waals surface area contributed by atoms with Crippen molar-refractivity contribution in [2.24, 2.45) is 0 Å². The molecule has 1 fully saturated rings. The first-order valence-electron chi connectivity index (χ1n) is 8.68. The predicted octanol–water partition coefficient (Wildman–Crippen LogP) is 4.23. The lowest BCUT2D eigenvalue weighted by Gasteiger charge is -2.34. The number of hydrogen-bond acceptors (Lipinski definition) is 4. The number of halogens is 3. The van der Waals surface area contributed by atoms with Gasteiger partial charge in [-0.1, -0.05) is 6.07 Å². The van der Waals surface area contributed by atoms with Crippen LogP contribution in [-0.2, 0) is 0 Å². The molecule has 1 saturated heterocycles. The summed E-state index contributed by atoms with van der Waals surface area (Å²) in [5.74, 6) is -0.0706. The molecule has 140 valence electrons. The van der Waals surface area contributed by atoms with Gasteiger partial charge < -0.3 is 10.2 Å². The van der Waals surface area contributed by atoms with Crippen molar-refractivity contribution in [3.8, 4) is 0 Å². The van der Waals surface area contributed by atoms with E-state index >= 15 is 0 Å². The fourth-order valence-corrected chi connectivity index (χ4v) is 4.45. The number of rotatable bonds is 2. The Morgan fingerprint density at radius 3 is 2.69 bits per heavy atom. The van der Waals surface area contributed by atoms with E-state index in [9.17, 15) is 18.0 Å². The normalized spacial score (nSPS) is 23.4. The van der Waals surface area contributed by atoms with Gasteiger partial charge in [0.1, 0.15) is 11.4 Å². The van der Waals surface area contributed by atoms with Gasteiger partial charge in [0.25, 0.3) is 5.91 Å². The molecule has 0 aromatic carbocycles. The first-order chi connectivity index (χ1) is 12.4. The minimum atomic E-state index is -4.43. The monoisotopic (exact) mass is 384 g/mol. The molecule has 2 aromatic heterocycles. The summed E-state index contributed by atoms with van der Waals surface area (Å²) in [5, 5.41) is 8.90. The Labute approximate surface area is 152 Å². The summed E-state index contributed by atoms with van der Waals surface area (Å²) < 4.78 is 41.8. The summed E-state index contributed by atoms with van der Waals surface area (Å²) in [4.78, 5) is 15.4. The van der Waals surface area contributed by atoms with E-state index in [4.69, 9.17) is 0 Å². The second-order valence-corrected chi connectivity index (χ2v) is 7.69. The third kappa shape index (κ3) is 3.08. The van der Waals surface area contributed by atoms with E-state index in [0.717, 1.165) is 28.8 Å². The standard InChI is InChI=1S/C17H19F3N4OS/c18-17(19,20)14-9-12(13-5-4-8-26-13)22-15-11(10-21-24(14)15)16(25)23-6-2-1-3-7-23/h4-5,8,10,12,14,22H,1-3,6-7,9H2/t12-,14-/m1/s1. The van der Waals surface area contributed by atoms with Crippen LogP contribution < -0.4 is 5.32 Å². The van der Waals surface area contributed by atoms with E-state index in [1.165, 1.54) is 17.5 Å². The number of amides is 1. The summed E-state index contributed by atoms with van der Waals surface area (Å²) in [5.41, 5.74) is 0.224. The molecular weight excluding hydrogens is 365 g/mol. The molecule has 0 unspecified atom stereocenters. The quantitative estimate of drug-likeness (QED) is 0.843. The van der Waals surface area contributed by atoms with Gasteiger partial charge in [0.15, 0.2) is 6.04 Å². The minimum absolute atomic E-state index is 0.143. The largest absolute Gasteiger partial charge is 0.410 e. The molecule has 4 heterocycles. The molecular formula is C17H19F3N4OS. The highest BCUT2D eigenvalue weighted by Gasteiger charge is 2.47. The molecule has 5 nitrogen and oxygen atoms in total. The van der Waals surface area contributed by atoms with Crippen LogP contribution in [0.2, 0.25) is 0 Å². The van der Waals surface area contributed by atoms with Gasteiger partial charge in [-0.2, -0.15) is 18.3 Å². The number of carbonyl (C=O) groups is 1. The highest BCUT2D eigenvalue weighted by atomic mass is 32.1. The number of nitrogens with one attached hydrogen (secondary N) is 1. The zero-order valence-electron chi connectivity index (χ0n) is 14.0. The molecule has 2 atom stereocenters. The number of nitrogens with zero attached hydrogens (tertiary/aromatic N) is 3. The number of anilines is 1. The lowest BCUT2D eigenvalue weighted by Crippen LogP contribution is -2.38. The van der Waals surface area contributed by atoms with Gasteiger partial charge in [0.05, 0.1) is 12.2 Å². The molecule has 0 radical (unpaired) electrons. The van der Waals surface area contributed by atoms with Crippen LogP contribution in [0.4, 0.5) is 19.0 Å². The summed E-state index contributed by atoms with van der Waals surface area (Å²) in [6, 6.07) is 1.40. The van der Waals surface area contributed by atoms with E-state index in [2.05, 4.69) is 10.4 Å². The van der Waals surface area contributed by atoms with E-state index in [1.807, 2.05) is 17.5 Å². The number of hydrogen-bond donors (Lipinski definition) is 1. The van der Waals surface area contributed by atoms with Gasteiger partial charge in [0.2, 0.25) is 0 Å². The molecule has 1 N–H and O–H groups in total. The van der Waals surface area contributed by atoms with Crippen molar-refractivity contribution in [1.29, 1.82) is 0 Å². The molecule has 0 saturated carbocycles. The topological polar surface area (TPSA) is 50.2 Å². The molecule has 26 heavy (non-hydrogen) atoms. The van der Waals surface area contributed by atoms with Crippen LogP contribution in [0.25, 0.3) is 0 Å². The van der Waals surface area contributed by atoms with Crippen LogP contribution in [0.3, 0.4) is 0 Å². The lowest BCUT2D eigenvalue weighted by atomic mass is 10.0. The second kappa shape index (κ2) is 6.61. The maximum absolute atomic E-state index is 13.6. The number of piperidine rings is 1. The van der Waals surface area contributed by atoms with Gasteiger partial charge in [0, 0.05) is 24.4 Å². The van der Waals surface area contributed by atoms with E-state index in [-0.39, 0.29) is 23.7 Å². The summed E-state index contributed by atoms with van der Waals surface area (Å²) in [6.45, 7) is 1.28. The number of likely N-dealkylation sites (tertiary alicyclic amines) is 1. The maximum Gasteiger partial charge on any atom is 0.410 e. The SMILES string of the molecule is O=C(c1cnn2c1N[C@@H](c1cccs1)C[C@@H]2C(F)(F)F)N1CCCCC1. The minimum Gasteiger partial charge on any atom is -0.362 e.